The third-order valence-electron chi connectivity index (χ3n) is 6.98. The Morgan fingerprint density at radius 2 is 1.97 bits per heavy atom. The lowest BCUT2D eigenvalue weighted by atomic mass is 9.86. The molecular weight excluding hydrogens is 380 g/mol. The van der Waals surface area contributed by atoms with Gasteiger partial charge in [-0.05, 0) is 48.6 Å². The van der Waals surface area contributed by atoms with Crippen LogP contribution in [0, 0.1) is 5.41 Å². The molecule has 2 fully saturated rings. The van der Waals surface area contributed by atoms with E-state index in [4.69, 9.17) is 9.47 Å². The lowest BCUT2D eigenvalue weighted by molar-refractivity contribution is -0.125. The summed E-state index contributed by atoms with van der Waals surface area (Å²) in [7, 11) is 0. The zero-order chi connectivity index (χ0) is 20.9. The number of hydrogen-bond donors (Lipinski definition) is 0. The van der Waals surface area contributed by atoms with Gasteiger partial charge in [-0.1, -0.05) is 32.8 Å². The molecule has 1 saturated heterocycles. The monoisotopic (exact) mass is 406 g/mol. The van der Waals surface area contributed by atoms with Gasteiger partial charge in [-0.3, -0.25) is 9.59 Å². The summed E-state index contributed by atoms with van der Waals surface area (Å²) in [5.41, 5.74) is 2.18. The largest absolute Gasteiger partial charge is 0.439 e. The van der Waals surface area contributed by atoms with Crippen LogP contribution in [0.1, 0.15) is 63.5 Å². The highest BCUT2D eigenvalue weighted by Crippen LogP contribution is 2.49. The van der Waals surface area contributed by atoms with E-state index in [0.717, 1.165) is 18.6 Å². The van der Waals surface area contributed by atoms with Crippen LogP contribution in [0.2, 0.25) is 0 Å². The highest BCUT2D eigenvalue weighted by molar-refractivity contribution is 6.22. The van der Waals surface area contributed by atoms with Gasteiger partial charge in [-0.2, -0.15) is 0 Å². The van der Waals surface area contributed by atoms with E-state index >= 15 is 0 Å². The predicted octanol–water partition coefficient (Wildman–Crippen LogP) is 4.85. The first-order valence-electron chi connectivity index (χ1n) is 10.7. The Labute approximate surface area is 176 Å². The number of fused-ring (bicyclic) bond motifs is 2. The third-order valence-corrected chi connectivity index (χ3v) is 6.98. The topological polar surface area (TPSA) is 68.7 Å². The van der Waals surface area contributed by atoms with Crippen LogP contribution in [0.4, 0.5) is 5.69 Å². The second kappa shape index (κ2) is 6.91. The van der Waals surface area contributed by atoms with Crippen molar-refractivity contribution in [2.24, 2.45) is 5.41 Å². The summed E-state index contributed by atoms with van der Waals surface area (Å²) in [4.78, 5) is 30.7. The molecule has 0 unspecified atom stereocenters. The summed E-state index contributed by atoms with van der Waals surface area (Å²) in [6, 6.07) is 9.50. The molecule has 1 aliphatic carbocycles. The van der Waals surface area contributed by atoms with Gasteiger partial charge in [0.2, 0.25) is 17.7 Å². The van der Waals surface area contributed by atoms with E-state index in [-0.39, 0.29) is 23.8 Å². The van der Waals surface area contributed by atoms with Crippen molar-refractivity contribution in [1.29, 1.82) is 0 Å². The molecule has 0 N–H and O–H groups in total. The molecule has 0 radical (unpaired) electrons. The average Bonchev–Trinajstić information content (AvgIpc) is 3.42. The first-order chi connectivity index (χ1) is 14.4. The molecule has 30 heavy (non-hydrogen) atoms. The highest BCUT2D eigenvalue weighted by atomic mass is 16.5. The molecular formula is C24H26N2O4. The van der Waals surface area contributed by atoms with E-state index in [0.29, 0.717) is 24.6 Å². The van der Waals surface area contributed by atoms with Crippen molar-refractivity contribution in [3.05, 3.63) is 47.7 Å². The predicted molar refractivity (Wildman–Crippen MR) is 111 cm³/mol. The maximum absolute atomic E-state index is 12.7. The van der Waals surface area contributed by atoms with Crippen LogP contribution in [0.25, 0.3) is 0 Å². The van der Waals surface area contributed by atoms with Crippen molar-refractivity contribution >= 4 is 17.5 Å². The van der Waals surface area contributed by atoms with Crippen LogP contribution < -0.4 is 9.64 Å². The minimum Gasteiger partial charge on any atom is -0.439 e. The number of benzene rings is 1. The molecule has 1 saturated carbocycles. The molecule has 1 atom stereocenters. The van der Waals surface area contributed by atoms with Crippen molar-refractivity contribution in [3.63, 3.8) is 0 Å². The fraction of sp³-hybridized carbons (Fsp3) is 0.458. The van der Waals surface area contributed by atoms with E-state index in [1.165, 1.54) is 35.1 Å². The summed E-state index contributed by atoms with van der Waals surface area (Å²) < 4.78 is 12.1. The second-order valence-electron chi connectivity index (χ2n) is 8.89. The van der Waals surface area contributed by atoms with Gasteiger partial charge in [0.25, 0.3) is 0 Å². The Morgan fingerprint density at radius 3 is 2.63 bits per heavy atom. The van der Waals surface area contributed by atoms with Gasteiger partial charge in [0.15, 0.2) is 0 Å². The quantitative estimate of drug-likeness (QED) is 0.679. The number of carbonyl (C=O) groups is 2. The molecule has 3 aliphatic rings. The van der Waals surface area contributed by atoms with Crippen molar-refractivity contribution in [1.82, 2.24) is 4.98 Å². The Hall–Kier alpha value is -2.73. The molecule has 1 aromatic carbocycles. The summed E-state index contributed by atoms with van der Waals surface area (Å²) in [5, 5.41) is 0. The fourth-order valence-electron chi connectivity index (χ4n) is 4.92. The van der Waals surface area contributed by atoms with Crippen molar-refractivity contribution in [2.45, 2.75) is 64.6 Å². The van der Waals surface area contributed by atoms with Crippen LogP contribution >= 0.6 is 0 Å². The van der Waals surface area contributed by atoms with Crippen molar-refractivity contribution < 1.29 is 19.1 Å². The van der Waals surface area contributed by atoms with Gasteiger partial charge >= 0.3 is 0 Å². The number of amides is 2. The van der Waals surface area contributed by atoms with E-state index < -0.39 is 5.41 Å². The maximum Gasteiger partial charge on any atom is 0.240 e. The number of aromatic nitrogens is 1. The second-order valence-corrected chi connectivity index (χ2v) is 8.89. The molecule has 1 spiro atoms. The number of hydrogen-bond acceptors (Lipinski definition) is 5. The van der Waals surface area contributed by atoms with Crippen LogP contribution in [-0.4, -0.2) is 16.8 Å². The van der Waals surface area contributed by atoms with Crippen LogP contribution in [0.3, 0.4) is 0 Å². The van der Waals surface area contributed by atoms with Gasteiger partial charge in [0.1, 0.15) is 5.75 Å². The summed E-state index contributed by atoms with van der Waals surface area (Å²) >= 11 is 0. The van der Waals surface area contributed by atoms with E-state index in [1.54, 1.807) is 12.1 Å². The fourth-order valence-corrected chi connectivity index (χ4v) is 4.92. The standard InChI is InChI=1S/C24H26N2O4/c1-3-23(2)13-21(27)26(22(23)28)17-7-9-20(25-14-17)30-18-8-6-16-15-29-24(19(16)12-18)10-4-5-11-24/h6-9,12,14H,3-5,10-11,13,15H2,1-2H3/t23-/m0/s1. The van der Waals surface area contributed by atoms with Crippen LogP contribution in [0.15, 0.2) is 36.5 Å². The first-order valence-corrected chi connectivity index (χ1v) is 10.7. The van der Waals surface area contributed by atoms with Gasteiger partial charge in [-0.25, -0.2) is 9.88 Å². The Morgan fingerprint density at radius 1 is 1.17 bits per heavy atom. The highest BCUT2D eigenvalue weighted by Gasteiger charge is 2.47. The number of carbonyl (C=O) groups excluding carboxylic acids is 2. The Balaban J connectivity index is 1.35. The van der Waals surface area contributed by atoms with Crippen LogP contribution in [-0.2, 0) is 26.5 Å². The minimum atomic E-state index is -0.630. The van der Waals surface area contributed by atoms with Gasteiger partial charge in [0.05, 0.1) is 29.5 Å². The summed E-state index contributed by atoms with van der Waals surface area (Å²) in [6.45, 7) is 4.44. The third kappa shape index (κ3) is 2.93. The molecule has 156 valence electrons. The van der Waals surface area contributed by atoms with Crippen LogP contribution in [0.5, 0.6) is 11.6 Å². The molecule has 2 aliphatic heterocycles. The summed E-state index contributed by atoms with van der Waals surface area (Å²) in [5.74, 6) is 0.805. The number of rotatable bonds is 4. The average molecular weight is 406 g/mol. The number of anilines is 1. The molecule has 1 aromatic heterocycles. The van der Waals surface area contributed by atoms with E-state index in [1.807, 2.05) is 19.9 Å². The Bertz CT molecular complexity index is 1010. The van der Waals surface area contributed by atoms with E-state index in [9.17, 15) is 9.59 Å². The van der Waals surface area contributed by atoms with Crippen molar-refractivity contribution in [3.8, 4) is 11.6 Å². The SMILES string of the molecule is CC[C@@]1(C)CC(=O)N(c2ccc(Oc3ccc4c(c3)C3(CCCC3)OC4)nc2)C1=O. The number of pyridine rings is 1. The zero-order valence-corrected chi connectivity index (χ0v) is 17.4. The van der Waals surface area contributed by atoms with Gasteiger partial charge in [-0.15, -0.1) is 0 Å². The molecule has 6 nitrogen and oxygen atoms in total. The van der Waals surface area contributed by atoms with E-state index in [2.05, 4.69) is 17.1 Å². The lowest BCUT2D eigenvalue weighted by Gasteiger charge is -2.23. The molecule has 5 rings (SSSR count). The molecule has 0 bridgehead atoms. The molecule has 2 amide bonds. The lowest BCUT2D eigenvalue weighted by Crippen LogP contribution is -2.34. The molecule has 2 aromatic rings. The molecule has 6 heteroatoms. The van der Waals surface area contributed by atoms with Gasteiger partial charge < -0.3 is 9.47 Å². The van der Waals surface area contributed by atoms with Gasteiger partial charge in [0, 0.05) is 12.5 Å². The first kappa shape index (κ1) is 19.2. The normalized spacial score (nSPS) is 24.7. The number of imide groups is 1. The maximum atomic E-state index is 12.7. The Kier molecular flexibility index (Phi) is 4.43. The zero-order valence-electron chi connectivity index (χ0n) is 17.4. The number of nitrogens with zero attached hydrogens (tertiary/aromatic N) is 2. The number of ether oxygens (including phenoxy) is 2. The molecule has 3 heterocycles. The minimum absolute atomic E-state index is 0.144. The smallest absolute Gasteiger partial charge is 0.240 e. The van der Waals surface area contributed by atoms with Crippen molar-refractivity contribution in [2.75, 3.05) is 4.90 Å². The summed E-state index contributed by atoms with van der Waals surface area (Å²) in [6.07, 6.45) is 6.90.